The first-order valence-electron chi connectivity index (χ1n) is 6.66. The number of nitrogen functional groups attached to an aromatic ring is 2. The predicted octanol–water partition coefficient (Wildman–Crippen LogP) is 0.554. The smallest absolute Gasteiger partial charge is 0.171 e. The summed E-state index contributed by atoms with van der Waals surface area (Å²) < 4.78 is 0. The van der Waals surface area contributed by atoms with Crippen LogP contribution in [0.4, 0.5) is 17.5 Å². The van der Waals surface area contributed by atoms with Crippen LogP contribution >= 0.6 is 0 Å². The zero-order valence-electron chi connectivity index (χ0n) is 10.9. The molecule has 0 bridgehead atoms. The highest BCUT2D eigenvalue weighted by atomic mass is 15.2. The molecular weight excluding hydrogens is 254 g/mol. The molecule has 0 radical (unpaired) electrons. The van der Waals surface area contributed by atoms with Crippen molar-refractivity contribution in [3.63, 3.8) is 0 Å². The topological polar surface area (TPSA) is 107 Å². The van der Waals surface area contributed by atoms with Gasteiger partial charge < -0.3 is 16.4 Å². The van der Waals surface area contributed by atoms with Gasteiger partial charge in [-0.05, 0) is 18.3 Å². The number of anilines is 3. The molecule has 2 fully saturated rings. The van der Waals surface area contributed by atoms with Crippen LogP contribution in [0.25, 0.3) is 11.4 Å². The Morgan fingerprint density at radius 2 is 1.75 bits per heavy atom. The number of aromatic nitrogens is 4. The second-order valence-electron chi connectivity index (χ2n) is 5.45. The summed E-state index contributed by atoms with van der Waals surface area (Å²) >= 11 is 0. The van der Waals surface area contributed by atoms with Gasteiger partial charge >= 0.3 is 0 Å². The van der Waals surface area contributed by atoms with E-state index in [-0.39, 0.29) is 0 Å². The van der Waals surface area contributed by atoms with Crippen molar-refractivity contribution in [3.05, 3.63) is 18.6 Å². The number of rotatable bonds is 2. The van der Waals surface area contributed by atoms with Gasteiger partial charge in [-0.2, -0.15) is 0 Å². The Labute approximate surface area is 116 Å². The number of nitrogens with zero attached hydrogens (tertiary/aromatic N) is 5. The van der Waals surface area contributed by atoms with E-state index in [2.05, 4.69) is 24.8 Å². The first kappa shape index (κ1) is 11.4. The standard InChI is InChI=1S/C13H15N7/c14-11-4-16-2-9(18-11)10-3-17-13(12(15)19-10)20-5-7-1-8(7)6-20/h2-4,7-8H,1,5-6H2,(H2,14,18)(H2,15,19). The third-order valence-corrected chi connectivity index (χ3v) is 3.97. The maximum atomic E-state index is 6.04. The molecule has 0 aromatic carbocycles. The van der Waals surface area contributed by atoms with Crippen molar-refractivity contribution in [3.8, 4) is 11.4 Å². The molecule has 0 amide bonds. The van der Waals surface area contributed by atoms with Crippen molar-refractivity contribution in [2.75, 3.05) is 29.5 Å². The fourth-order valence-corrected chi connectivity index (χ4v) is 2.84. The van der Waals surface area contributed by atoms with Gasteiger partial charge in [0.05, 0.1) is 18.6 Å². The van der Waals surface area contributed by atoms with E-state index in [4.69, 9.17) is 11.5 Å². The number of hydrogen-bond acceptors (Lipinski definition) is 7. The lowest BCUT2D eigenvalue weighted by molar-refractivity contribution is 0.804. The molecule has 20 heavy (non-hydrogen) atoms. The molecule has 2 atom stereocenters. The summed E-state index contributed by atoms with van der Waals surface area (Å²) in [6, 6.07) is 0. The Morgan fingerprint density at radius 3 is 2.45 bits per heavy atom. The van der Waals surface area contributed by atoms with E-state index < -0.39 is 0 Å². The molecule has 7 nitrogen and oxygen atoms in total. The van der Waals surface area contributed by atoms with Crippen LogP contribution in [0.5, 0.6) is 0 Å². The Morgan fingerprint density at radius 1 is 1.00 bits per heavy atom. The van der Waals surface area contributed by atoms with Crippen LogP contribution in [0.3, 0.4) is 0 Å². The van der Waals surface area contributed by atoms with E-state index in [9.17, 15) is 0 Å². The van der Waals surface area contributed by atoms with E-state index in [1.807, 2.05) is 0 Å². The summed E-state index contributed by atoms with van der Waals surface area (Å²) in [6.45, 7) is 2.09. The summed E-state index contributed by atoms with van der Waals surface area (Å²) in [5.41, 5.74) is 12.8. The van der Waals surface area contributed by atoms with Crippen LogP contribution < -0.4 is 16.4 Å². The van der Waals surface area contributed by atoms with Crippen LogP contribution in [0.15, 0.2) is 18.6 Å². The molecule has 102 valence electrons. The number of piperidine rings is 1. The summed E-state index contributed by atoms with van der Waals surface area (Å²) in [5.74, 6) is 3.23. The first-order chi connectivity index (χ1) is 9.70. The molecule has 4 rings (SSSR count). The molecule has 1 aliphatic heterocycles. The molecule has 1 saturated heterocycles. The van der Waals surface area contributed by atoms with Crippen LogP contribution in [-0.4, -0.2) is 33.0 Å². The van der Waals surface area contributed by atoms with Gasteiger partial charge in [0.25, 0.3) is 0 Å². The van der Waals surface area contributed by atoms with Gasteiger partial charge in [0.15, 0.2) is 11.6 Å². The van der Waals surface area contributed by atoms with Gasteiger partial charge in [0.1, 0.15) is 17.2 Å². The second-order valence-corrected chi connectivity index (χ2v) is 5.45. The molecule has 1 saturated carbocycles. The van der Waals surface area contributed by atoms with Crippen molar-refractivity contribution < 1.29 is 0 Å². The maximum absolute atomic E-state index is 6.04. The number of nitrogens with two attached hydrogens (primary N) is 2. The minimum atomic E-state index is 0.353. The molecule has 2 aliphatic rings. The van der Waals surface area contributed by atoms with Gasteiger partial charge in [-0.3, -0.25) is 4.98 Å². The lowest BCUT2D eigenvalue weighted by Crippen LogP contribution is -2.24. The molecule has 2 aromatic heterocycles. The van der Waals surface area contributed by atoms with E-state index in [1.165, 1.54) is 12.6 Å². The molecule has 2 unspecified atom stereocenters. The Kier molecular flexibility index (Phi) is 2.29. The number of hydrogen-bond donors (Lipinski definition) is 2. The van der Waals surface area contributed by atoms with Crippen LogP contribution in [0.1, 0.15) is 6.42 Å². The average Bonchev–Trinajstić information content (AvgIpc) is 3.05. The van der Waals surface area contributed by atoms with Gasteiger partial charge in [0, 0.05) is 13.1 Å². The summed E-state index contributed by atoms with van der Waals surface area (Å²) in [7, 11) is 0. The fraction of sp³-hybridized carbons (Fsp3) is 0.385. The van der Waals surface area contributed by atoms with Crippen molar-refractivity contribution in [1.82, 2.24) is 19.9 Å². The van der Waals surface area contributed by atoms with E-state index in [0.29, 0.717) is 23.0 Å². The normalized spacial score (nSPS) is 23.7. The molecular formula is C13H15N7. The highest BCUT2D eigenvalue weighted by molar-refractivity contribution is 5.64. The van der Waals surface area contributed by atoms with Gasteiger partial charge in [0.2, 0.25) is 0 Å². The minimum absolute atomic E-state index is 0.353. The SMILES string of the molecule is Nc1cncc(-c2cnc(N3CC4CC4C3)c(N)n2)n1. The van der Waals surface area contributed by atoms with E-state index in [0.717, 1.165) is 30.7 Å². The van der Waals surface area contributed by atoms with E-state index >= 15 is 0 Å². The molecule has 3 heterocycles. The van der Waals surface area contributed by atoms with Crippen molar-refractivity contribution >= 4 is 17.5 Å². The lowest BCUT2D eigenvalue weighted by Gasteiger charge is -2.20. The van der Waals surface area contributed by atoms with Crippen LogP contribution in [0, 0.1) is 11.8 Å². The largest absolute Gasteiger partial charge is 0.382 e. The van der Waals surface area contributed by atoms with Crippen molar-refractivity contribution in [2.24, 2.45) is 11.8 Å². The van der Waals surface area contributed by atoms with Crippen molar-refractivity contribution in [2.45, 2.75) is 6.42 Å². The Balaban J connectivity index is 1.65. The molecule has 7 heteroatoms. The second kappa shape index (κ2) is 4.03. The highest BCUT2D eigenvalue weighted by Crippen LogP contribution is 2.46. The van der Waals surface area contributed by atoms with Gasteiger partial charge in [-0.25, -0.2) is 15.0 Å². The molecule has 1 aliphatic carbocycles. The van der Waals surface area contributed by atoms with Crippen LogP contribution in [0.2, 0.25) is 0 Å². The lowest BCUT2D eigenvalue weighted by atomic mass is 10.3. The first-order valence-corrected chi connectivity index (χ1v) is 6.66. The number of fused-ring (bicyclic) bond motifs is 1. The Hall–Kier alpha value is -2.44. The molecule has 2 aromatic rings. The molecule has 4 N–H and O–H groups in total. The third-order valence-electron chi connectivity index (χ3n) is 3.97. The monoisotopic (exact) mass is 269 g/mol. The highest BCUT2D eigenvalue weighted by Gasteiger charge is 2.45. The Bertz CT molecular complexity index is 662. The quantitative estimate of drug-likeness (QED) is 0.820. The fourth-order valence-electron chi connectivity index (χ4n) is 2.84. The minimum Gasteiger partial charge on any atom is -0.382 e. The summed E-state index contributed by atoms with van der Waals surface area (Å²) in [5, 5.41) is 0. The van der Waals surface area contributed by atoms with Crippen LogP contribution in [-0.2, 0) is 0 Å². The van der Waals surface area contributed by atoms with Gasteiger partial charge in [-0.15, -0.1) is 0 Å². The average molecular weight is 269 g/mol. The zero-order chi connectivity index (χ0) is 13.7. The predicted molar refractivity (Wildman–Crippen MR) is 75.7 cm³/mol. The maximum Gasteiger partial charge on any atom is 0.171 e. The summed E-state index contributed by atoms with van der Waals surface area (Å²) in [6.07, 6.45) is 6.12. The summed E-state index contributed by atoms with van der Waals surface area (Å²) in [4.78, 5) is 19.2. The third kappa shape index (κ3) is 1.82. The van der Waals surface area contributed by atoms with Crippen molar-refractivity contribution in [1.29, 1.82) is 0 Å². The zero-order valence-corrected chi connectivity index (χ0v) is 10.9. The van der Waals surface area contributed by atoms with Gasteiger partial charge in [-0.1, -0.05) is 0 Å². The molecule has 0 spiro atoms. The van der Waals surface area contributed by atoms with E-state index in [1.54, 1.807) is 12.4 Å².